The fourth-order valence-electron chi connectivity index (χ4n) is 1.79. The molecule has 0 N–H and O–H groups in total. The Morgan fingerprint density at radius 2 is 1.71 bits per heavy atom. The van der Waals surface area contributed by atoms with Gasteiger partial charge in [-0.2, -0.15) is 0 Å². The Hall–Kier alpha value is -0.690. The second-order valence-electron chi connectivity index (χ2n) is 3.89. The van der Waals surface area contributed by atoms with Gasteiger partial charge in [0, 0.05) is 34.4 Å². The minimum absolute atomic E-state index is 0.0392. The zero-order valence-corrected chi connectivity index (χ0v) is 10.7. The molecule has 1 fully saturated rings. The van der Waals surface area contributed by atoms with Crippen LogP contribution in [0.5, 0.6) is 0 Å². The lowest BCUT2D eigenvalue weighted by Gasteiger charge is -2.15. The van der Waals surface area contributed by atoms with E-state index in [4.69, 9.17) is 18.9 Å². The third-order valence-electron chi connectivity index (χ3n) is 2.83. The second-order valence-corrected chi connectivity index (χ2v) is 3.89. The molecule has 6 nitrogen and oxygen atoms in total. The summed E-state index contributed by atoms with van der Waals surface area (Å²) in [5.41, 5.74) is 0. The number of hydrogen-bond acceptors (Lipinski definition) is 5. The molecule has 6 heteroatoms. The van der Waals surface area contributed by atoms with Gasteiger partial charge in [0.1, 0.15) is 18.8 Å². The van der Waals surface area contributed by atoms with Crippen LogP contribution in [0, 0.1) is 0 Å². The SMILES string of the molecule is COCCOCC(=O)N1CC(OC)C(OC)C1. The molecule has 0 aromatic heterocycles. The summed E-state index contributed by atoms with van der Waals surface area (Å²) in [5, 5.41) is 0. The summed E-state index contributed by atoms with van der Waals surface area (Å²) in [7, 11) is 4.84. The van der Waals surface area contributed by atoms with Gasteiger partial charge >= 0.3 is 0 Å². The number of rotatable bonds is 7. The Balaban J connectivity index is 2.28. The highest BCUT2D eigenvalue weighted by molar-refractivity contribution is 5.77. The molecular formula is C11H21NO5. The zero-order valence-electron chi connectivity index (χ0n) is 10.7. The van der Waals surface area contributed by atoms with Crippen molar-refractivity contribution in [2.45, 2.75) is 12.2 Å². The number of likely N-dealkylation sites (tertiary alicyclic amines) is 1. The van der Waals surface area contributed by atoms with Crippen LogP contribution in [-0.4, -0.2) is 77.3 Å². The summed E-state index contributed by atoms with van der Waals surface area (Å²) in [4.78, 5) is 13.5. The number of amides is 1. The molecule has 0 aliphatic carbocycles. The Labute approximate surface area is 102 Å². The normalized spacial score (nSPS) is 24.3. The summed E-state index contributed by atoms with van der Waals surface area (Å²) >= 11 is 0. The van der Waals surface area contributed by atoms with Gasteiger partial charge in [-0.05, 0) is 0 Å². The maximum Gasteiger partial charge on any atom is 0.248 e. The predicted molar refractivity (Wildman–Crippen MR) is 60.9 cm³/mol. The maximum absolute atomic E-state index is 11.8. The molecule has 100 valence electrons. The highest BCUT2D eigenvalue weighted by Gasteiger charge is 2.35. The molecule has 2 atom stereocenters. The van der Waals surface area contributed by atoms with Gasteiger partial charge in [-0.1, -0.05) is 0 Å². The van der Waals surface area contributed by atoms with Gasteiger partial charge in [-0.25, -0.2) is 0 Å². The Kier molecular flexibility index (Phi) is 6.43. The van der Waals surface area contributed by atoms with E-state index in [1.54, 1.807) is 26.2 Å². The maximum atomic E-state index is 11.8. The average Bonchev–Trinajstić information content (AvgIpc) is 2.77. The Morgan fingerprint density at radius 3 is 2.18 bits per heavy atom. The van der Waals surface area contributed by atoms with Gasteiger partial charge < -0.3 is 23.8 Å². The third kappa shape index (κ3) is 4.23. The van der Waals surface area contributed by atoms with Gasteiger partial charge in [0.15, 0.2) is 0 Å². The van der Waals surface area contributed by atoms with Crippen molar-refractivity contribution in [3.63, 3.8) is 0 Å². The van der Waals surface area contributed by atoms with Crippen molar-refractivity contribution in [1.29, 1.82) is 0 Å². The van der Waals surface area contributed by atoms with E-state index < -0.39 is 0 Å². The van der Waals surface area contributed by atoms with Crippen LogP contribution in [-0.2, 0) is 23.7 Å². The van der Waals surface area contributed by atoms with Gasteiger partial charge in [0.25, 0.3) is 0 Å². The second kappa shape index (κ2) is 7.60. The van der Waals surface area contributed by atoms with E-state index in [9.17, 15) is 4.79 Å². The van der Waals surface area contributed by atoms with Crippen molar-refractivity contribution in [3.8, 4) is 0 Å². The minimum Gasteiger partial charge on any atom is -0.382 e. The minimum atomic E-state index is -0.0528. The largest absolute Gasteiger partial charge is 0.382 e. The molecule has 1 heterocycles. The quantitative estimate of drug-likeness (QED) is 0.569. The first-order valence-electron chi connectivity index (χ1n) is 5.63. The number of nitrogens with zero attached hydrogens (tertiary/aromatic N) is 1. The number of hydrogen-bond donors (Lipinski definition) is 0. The van der Waals surface area contributed by atoms with Crippen molar-refractivity contribution in [2.24, 2.45) is 0 Å². The molecule has 1 aliphatic rings. The van der Waals surface area contributed by atoms with Crippen LogP contribution in [0.15, 0.2) is 0 Å². The Bertz CT molecular complexity index is 224. The molecule has 0 saturated carbocycles. The standard InChI is InChI=1S/C11H21NO5/c1-14-4-5-17-8-11(13)12-6-9(15-2)10(7-12)16-3/h9-10H,4-8H2,1-3H3. The van der Waals surface area contributed by atoms with E-state index in [0.717, 1.165) is 0 Å². The van der Waals surface area contributed by atoms with E-state index in [0.29, 0.717) is 26.3 Å². The monoisotopic (exact) mass is 247 g/mol. The summed E-state index contributed by atoms with van der Waals surface area (Å²) in [6, 6.07) is 0. The molecule has 1 amide bonds. The molecule has 1 aliphatic heterocycles. The summed E-state index contributed by atoms with van der Waals surface area (Å²) in [6.07, 6.45) is -0.106. The first-order valence-corrected chi connectivity index (χ1v) is 5.63. The highest BCUT2D eigenvalue weighted by atomic mass is 16.5. The van der Waals surface area contributed by atoms with Gasteiger partial charge in [0.2, 0.25) is 5.91 Å². The van der Waals surface area contributed by atoms with E-state index in [1.165, 1.54) is 0 Å². The summed E-state index contributed by atoms with van der Waals surface area (Å²) in [6.45, 7) is 2.12. The van der Waals surface area contributed by atoms with Crippen molar-refractivity contribution < 1.29 is 23.7 Å². The topological polar surface area (TPSA) is 57.2 Å². The molecule has 0 spiro atoms. The fraction of sp³-hybridized carbons (Fsp3) is 0.909. The molecule has 1 saturated heterocycles. The van der Waals surface area contributed by atoms with Crippen LogP contribution in [0.3, 0.4) is 0 Å². The van der Waals surface area contributed by atoms with Crippen molar-refractivity contribution >= 4 is 5.91 Å². The first kappa shape index (κ1) is 14.4. The van der Waals surface area contributed by atoms with Crippen LogP contribution in [0.1, 0.15) is 0 Å². The molecule has 0 aromatic rings. The van der Waals surface area contributed by atoms with Crippen LogP contribution in [0.2, 0.25) is 0 Å². The average molecular weight is 247 g/mol. The molecule has 1 rings (SSSR count). The molecule has 0 bridgehead atoms. The van der Waals surface area contributed by atoms with E-state index in [2.05, 4.69) is 0 Å². The van der Waals surface area contributed by atoms with E-state index in [-0.39, 0.29) is 24.7 Å². The number of methoxy groups -OCH3 is 3. The van der Waals surface area contributed by atoms with Crippen LogP contribution < -0.4 is 0 Å². The fourth-order valence-corrected chi connectivity index (χ4v) is 1.79. The summed E-state index contributed by atoms with van der Waals surface area (Å²) < 4.78 is 20.5. The van der Waals surface area contributed by atoms with Gasteiger partial charge in [-0.3, -0.25) is 4.79 Å². The Morgan fingerprint density at radius 1 is 1.12 bits per heavy atom. The van der Waals surface area contributed by atoms with E-state index in [1.807, 2.05) is 0 Å². The van der Waals surface area contributed by atoms with Crippen molar-refractivity contribution in [3.05, 3.63) is 0 Å². The highest BCUT2D eigenvalue weighted by Crippen LogP contribution is 2.15. The first-order chi connectivity index (χ1) is 8.22. The lowest BCUT2D eigenvalue weighted by molar-refractivity contribution is -0.136. The van der Waals surface area contributed by atoms with Crippen LogP contribution in [0.4, 0.5) is 0 Å². The van der Waals surface area contributed by atoms with Crippen molar-refractivity contribution in [1.82, 2.24) is 4.90 Å². The number of carbonyl (C=O) groups is 1. The van der Waals surface area contributed by atoms with Crippen molar-refractivity contribution in [2.75, 3.05) is 54.2 Å². The number of ether oxygens (including phenoxy) is 4. The van der Waals surface area contributed by atoms with Crippen LogP contribution in [0.25, 0.3) is 0 Å². The molecule has 0 aromatic carbocycles. The lowest BCUT2D eigenvalue weighted by Crippen LogP contribution is -2.33. The van der Waals surface area contributed by atoms with E-state index >= 15 is 0 Å². The van der Waals surface area contributed by atoms with Gasteiger partial charge in [0.05, 0.1) is 13.2 Å². The smallest absolute Gasteiger partial charge is 0.248 e. The zero-order chi connectivity index (χ0) is 12.7. The van der Waals surface area contributed by atoms with Crippen LogP contribution >= 0.6 is 0 Å². The summed E-state index contributed by atoms with van der Waals surface area (Å²) in [5.74, 6) is -0.0392. The predicted octanol–water partition coefficient (Wildman–Crippen LogP) is -0.478. The molecule has 0 radical (unpaired) electrons. The number of carbonyl (C=O) groups excluding carboxylic acids is 1. The molecule has 2 unspecified atom stereocenters. The van der Waals surface area contributed by atoms with Gasteiger partial charge in [-0.15, -0.1) is 0 Å². The third-order valence-corrected chi connectivity index (χ3v) is 2.83. The lowest BCUT2D eigenvalue weighted by atomic mass is 10.3. The molecular weight excluding hydrogens is 226 g/mol. The molecule has 17 heavy (non-hydrogen) atoms.